The molecule has 1 amide bonds. The average Bonchev–Trinajstić information content (AvgIpc) is 2.52. The van der Waals surface area contributed by atoms with Gasteiger partial charge in [-0.2, -0.15) is 0 Å². The van der Waals surface area contributed by atoms with Gasteiger partial charge in [-0.1, -0.05) is 36.9 Å². The van der Waals surface area contributed by atoms with Gasteiger partial charge in [0, 0.05) is 24.0 Å². The normalized spacial score (nSPS) is 16.4. The van der Waals surface area contributed by atoms with Crippen molar-refractivity contribution in [2.45, 2.75) is 37.0 Å². The van der Waals surface area contributed by atoms with Crippen molar-refractivity contribution >= 4 is 27.5 Å². The molecule has 2 N–H and O–H groups in total. The second-order valence-corrected chi connectivity index (χ2v) is 7.68. The molecule has 1 aromatic rings. The summed E-state index contributed by atoms with van der Waals surface area (Å²) in [5.74, 6) is 0.111. The van der Waals surface area contributed by atoms with Crippen LogP contribution in [0.1, 0.15) is 32.1 Å². The number of carbonyl (C=O) groups excluding carboxylic acids is 1. The lowest BCUT2D eigenvalue weighted by Gasteiger charge is -2.20. The van der Waals surface area contributed by atoms with Crippen LogP contribution in [-0.4, -0.2) is 27.4 Å². The van der Waals surface area contributed by atoms with Gasteiger partial charge >= 0.3 is 0 Å². The van der Waals surface area contributed by atoms with E-state index in [1.54, 1.807) is 12.1 Å². The van der Waals surface area contributed by atoms with Crippen LogP contribution in [0, 0.1) is 5.92 Å². The van der Waals surface area contributed by atoms with Crippen LogP contribution in [0.4, 0.5) is 0 Å². The standard InChI is InChI=1S/C15H21ClN2O3S/c16-13-7-4-8-14(11-13)22(20,21)18-10-9-17-15(19)12-5-2-1-3-6-12/h4,7-8,11-12,18H,1-3,5-6,9-10H2,(H,17,19). The molecule has 1 aliphatic rings. The van der Waals surface area contributed by atoms with Crippen LogP contribution in [0.3, 0.4) is 0 Å². The van der Waals surface area contributed by atoms with E-state index in [0.717, 1.165) is 25.7 Å². The monoisotopic (exact) mass is 344 g/mol. The first-order valence-electron chi connectivity index (χ1n) is 7.52. The summed E-state index contributed by atoms with van der Waals surface area (Å²) in [5.41, 5.74) is 0. The number of rotatable bonds is 6. The molecule has 0 atom stereocenters. The third-order valence-electron chi connectivity index (χ3n) is 3.80. The number of benzene rings is 1. The summed E-state index contributed by atoms with van der Waals surface area (Å²) < 4.78 is 26.6. The first-order valence-corrected chi connectivity index (χ1v) is 9.38. The van der Waals surface area contributed by atoms with Crippen molar-refractivity contribution in [2.24, 2.45) is 5.92 Å². The first kappa shape index (κ1) is 17.2. The van der Waals surface area contributed by atoms with E-state index in [4.69, 9.17) is 11.6 Å². The molecule has 2 rings (SSSR count). The van der Waals surface area contributed by atoms with Crippen molar-refractivity contribution in [3.05, 3.63) is 29.3 Å². The van der Waals surface area contributed by atoms with Crippen molar-refractivity contribution in [3.8, 4) is 0 Å². The summed E-state index contributed by atoms with van der Waals surface area (Å²) in [4.78, 5) is 12.1. The van der Waals surface area contributed by atoms with Crippen LogP contribution in [0.5, 0.6) is 0 Å². The Labute approximate surface area is 136 Å². The summed E-state index contributed by atoms with van der Waals surface area (Å²) in [6.07, 6.45) is 5.25. The Morgan fingerprint density at radius 3 is 2.59 bits per heavy atom. The predicted molar refractivity (Wildman–Crippen MR) is 86.2 cm³/mol. The second-order valence-electron chi connectivity index (χ2n) is 5.48. The lowest BCUT2D eigenvalue weighted by Crippen LogP contribution is -2.38. The Morgan fingerprint density at radius 1 is 1.18 bits per heavy atom. The van der Waals surface area contributed by atoms with Crippen LogP contribution in [0.15, 0.2) is 29.2 Å². The van der Waals surface area contributed by atoms with Crippen molar-refractivity contribution in [2.75, 3.05) is 13.1 Å². The molecule has 1 aliphatic carbocycles. The number of sulfonamides is 1. The van der Waals surface area contributed by atoms with Gasteiger partial charge < -0.3 is 5.32 Å². The largest absolute Gasteiger partial charge is 0.355 e. The second kappa shape index (κ2) is 7.94. The number of amides is 1. The summed E-state index contributed by atoms with van der Waals surface area (Å²) in [6.45, 7) is 0.447. The summed E-state index contributed by atoms with van der Waals surface area (Å²) in [6, 6.07) is 6.08. The lowest BCUT2D eigenvalue weighted by molar-refractivity contribution is -0.125. The SMILES string of the molecule is O=C(NCCNS(=O)(=O)c1cccc(Cl)c1)C1CCCCC1. The third kappa shape index (κ3) is 4.97. The molecule has 22 heavy (non-hydrogen) atoms. The van der Waals surface area contributed by atoms with Gasteiger partial charge in [-0.05, 0) is 31.0 Å². The zero-order chi connectivity index (χ0) is 16.0. The molecular formula is C15H21ClN2O3S. The fourth-order valence-corrected chi connectivity index (χ4v) is 3.93. The maximum Gasteiger partial charge on any atom is 0.240 e. The Bertz CT molecular complexity index is 613. The molecule has 0 spiro atoms. The molecule has 1 aromatic carbocycles. The van der Waals surface area contributed by atoms with Crippen LogP contribution >= 0.6 is 11.6 Å². The Hall–Kier alpha value is -1.11. The maximum atomic E-state index is 12.0. The summed E-state index contributed by atoms with van der Waals surface area (Å²) in [5, 5.41) is 3.16. The zero-order valence-electron chi connectivity index (χ0n) is 12.3. The van der Waals surface area contributed by atoms with Crippen molar-refractivity contribution in [1.29, 1.82) is 0 Å². The van der Waals surface area contributed by atoms with Gasteiger partial charge in [-0.15, -0.1) is 0 Å². The minimum Gasteiger partial charge on any atom is -0.355 e. The number of nitrogens with one attached hydrogen (secondary N) is 2. The van der Waals surface area contributed by atoms with Crippen LogP contribution in [0.25, 0.3) is 0 Å². The quantitative estimate of drug-likeness (QED) is 0.777. The molecule has 0 radical (unpaired) electrons. The van der Waals surface area contributed by atoms with E-state index in [2.05, 4.69) is 10.0 Å². The minimum absolute atomic E-state index is 0.0293. The Kier molecular flexibility index (Phi) is 6.23. The zero-order valence-corrected chi connectivity index (χ0v) is 13.9. The van der Waals surface area contributed by atoms with E-state index in [9.17, 15) is 13.2 Å². The highest BCUT2D eigenvalue weighted by molar-refractivity contribution is 7.89. The van der Waals surface area contributed by atoms with Gasteiger partial charge in [0.1, 0.15) is 0 Å². The van der Waals surface area contributed by atoms with E-state index in [1.807, 2.05) is 0 Å². The molecule has 122 valence electrons. The molecule has 0 saturated heterocycles. The number of hydrogen-bond donors (Lipinski definition) is 2. The number of halogens is 1. The third-order valence-corrected chi connectivity index (χ3v) is 5.49. The number of carbonyl (C=O) groups is 1. The highest BCUT2D eigenvalue weighted by atomic mass is 35.5. The topological polar surface area (TPSA) is 75.3 Å². The molecule has 1 saturated carbocycles. The molecule has 7 heteroatoms. The molecule has 0 aliphatic heterocycles. The van der Waals surface area contributed by atoms with Gasteiger partial charge in [0.15, 0.2) is 0 Å². The fourth-order valence-electron chi connectivity index (χ4n) is 2.60. The van der Waals surface area contributed by atoms with Crippen LogP contribution in [0.2, 0.25) is 5.02 Å². The van der Waals surface area contributed by atoms with Crippen LogP contribution in [-0.2, 0) is 14.8 Å². The van der Waals surface area contributed by atoms with Gasteiger partial charge in [0.05, 0.1) is 4.90 Å². The summed E-state index contributed by atoms with van der Waals surface area (Å²) >= 11 is 5.79. The minimum atomic E-state index is -3.59. The molecule has 5 nitrogen and oxygen atoms in total. The van der Waals surface area contributed by atoms with E-state index in [0.29, 0.717) is 5.02 Å². The summed E-state index contributed by atoms with van der Waals surface area (Å²) in [7, 11) is -3.59. The Balaban J connectivity index is 1.77. The first-order chi connectivity index (χ1) is 10.5. The predicted octanol–water partition coefficient (Wildman–Crippen LogP) is 2.31. The molecular weight excluding hydrogens is 324 g/mol. The van der Waals surface area contributed by atoms with Gasteiger partial charge in [0.25, 0.3) is 0 Å². The smallest absolute Gasteiger partial charge is 0.240 e. The molecule has 0 heterocycles. The highest BCUT2D eigenvalue weighted by Crippen LogP contribution is 2.23. The highest BCUT2D eigenvalue weighted by Gasteiger charge is 2.20. The van der Waals surface area contributed by atoms with Crippen LogP contribution < -0.4 is 10.0 Å². The van der Waals surface area contributed by atoms with E-state index in [1.165, 1.54) is 18.6 Å². The maximum absolute atomic E-state index is 12.0. The van der Waals surface area contributed by atoms with Crippen molar-refractivity contribution in [3.63, 3.8) is 0 Å². The number of hydrogen-bond acceptors (Lipinski definition) is 3. The molecule has 0 aromatic heterocycles. The van der Waals surface area contributed by atoms with Crippen molar-refractivity contribution in [1.82, 2.24) is 10.0 Å². The fraction of sp³-hybridized carbons (Fsp3) is 0.533. The van der Waals surface area contributed by atoms with E-state index < -0.39 is 10.0 Å². The van der Waals surface area contributed by atoms with Crippen molar-refractivity contribution < 1.29 is 13.2 Å². The van der Waals surface area contributed by atoms with Gasteiger partial charge in [-0.3, -0.25) is 4.79 Å². The van der Waals surface area contributed by atoms with Gasteiger partial charge in [-0.25, -0.2) is 13.1 Å². The Morgan fingerprint density at radius 2 is 1.91 bits per heavy atom. The van der Waals surface area contributed by atoms with E-state index in [-0.39, 0.29) is 29.8 Å². The van der Waals surface area contributed by atoms with E-state index >= 15 is 0 Å². The lowest BCUT2D eigenvalue weighted by atomic mass is 9.89. The molecule has 1 fully saturated rings. The molecule has 0 unspecified atom stereocenters. The van der Waals surface area contributed by atoms with Gasteiger partial charge in [0.2, 0.25) is 15.9 Å². The molecule has 0 bridgehead atoms. The average molecular weight is 345 g/mol.